The predicted molar refractivity (Wildman–Crippen MR) is 65.6 cm³/mol. The summed E-state index contributed by atoms with van der Waals surface area (Å²) in [6, 6.07) is 3.08. The van der Waals surface area contributed by atoms with Crippen LogP contribution in [-0.4, -0.2) is 19.6 Å². The van der Waals surface area contributed by atoms with Crippen molar-refractivity contribution in [2.75, 3.05) is 13.7 Å². The lowest BCUT2D eigenvalue weighted by atomic mass is 10.2. The molecule has 0 spiro atoms. The van der Waals surface area contributed by atoms with Gasteiger partial charge >= 0.3 is 0 Å². The van der Waals surface area contributed by atoms with E-state index >= 15 is 0 Å². The Balaban J connectivity index is 2.95. The van der Waals surface area contributed by atoms with Gasteiger partial charge in [-0.1, -0.05) is 30.1 Å². The lowest BCUT2D eigenvalue weighted by molar-refractivity contribution is 0.0953. The first kappa shape index (κ1) is 13.1. The van der Waals surface area contributed by atoms with Crippen molar-refractivity contribution in [3.8, 4) is 5.75 Å². The van der Waals surface area contributed by atoms with Crippen molar-refractivity contribution < 1.29 is 9.53 Å². The molecular weight excluding hydrogens is 249 g/mol. The number of amides is 1. The van der Waals surface area contributed by atoms with Gasteiger partial charge in [-0.2, -0.15) is 0 Å². The van der Waals surface area contributed by atoms with Gasteiger partial charge in [-0.25, -0.2) is 0 Å². The molecule has 1 aromatic carbocycles. The summed E-state index contributed by atoms with van der Waals surface area (Å²) in [4.78, 5) is 11.6. The van der Waals surface area contributed by atoms with Gasteiger partial charge in [0, 0.05) is 12.1 Å². The van der Waals surface area contributed by atoms with E-state index in [0.717, 1.165) is 6.42 Å². The molecule has 0 bridgehead atoms. The average Bonchev–Trinajstić information content (AvgIpc) is 2.25. The second kappa shape index (κ2) is 5.97. The molecule has 0 atom stereocenters. The number of halogens is 2. The molecule has 0 aliphatic rings. The maximum absolute atomic E-state index is 11.6. The summed E-state index contributed by atoms with van der Waals surface area (Å²) >= 11 is 11.8. The van der Waals surface area contributed by atoms with Crippen molar-refractivity contribution in [2.24, 2.45) is 0 Å². The quantitative estimate of drug-likeness (QED) is 0.905. The van der Waals surface area contributed by atoms with Crippen LogP contribution in [0.1, 0.15) is 23.7 Å². The Morgan fingerprint density at radius 1 is 1.38 bits per heavy atom. The third kappa shape index (κ3) is 3.03. The summed E-state index contributed by atoms with van der Waals surface area (Å²) in [5.41, 5.74) is 0.434. The number of carbonyl (C=O) groups is 1. The van der Waals surface area contributed by atoms with Gasteiger partial charge in [0.25, 0.3) is 5.91 Å². The van der Waals surface area contributed by atoms with Gasteiger partial charge in [0.05, 0.1) is 17.2 Å². The van der Waals surface area contributed by atoms with E-state index in [-0.39, 0.29) is 5.91 Å². The van der Waals surface area contributed by atoms with Crippen LogP contribution in [0.15, 0.2) is 12.1 Å². The number of carbonyl (C=O) groups excluding carboxylic acids is 1. The molecule has 1 N–H and O–H groups in total. The van der Waals surface area contributed by atoms with E-state index in [1.54, 1.807) is 0 Å². The van der Waals surface area contributed by atoms with E-state index in [9.17, 15) is 4.79 Å². The molecule has 0 heterocycles. The summed E-state index contributed by atoms with van der Waals surface area (Å²) in [5, 5.41) is 3.40. The highest BCUT2D eigenvalue weighted by Gasteiger charge is 2.12. The molecule has 0 saturated carbocycles. The number of benzene rings is 1. The van der Waals surface area contributed by atoms with Crippen LogP contribution in [0.2, 0.25) is 10.0 Å². The van der Waals surface area contributed by atoms with Crippen LogP contribution < -0.4 is 10.1 Å². The first-order chi connectivity index (χ1) is 7.60. The third-order valence-corrected chi connectivity index (χ3v) is 2.56. The normalized spacial score (nSPS) is 10.0. The van der Waals surface area contributed by atoms with Crippen LogP contribution in [0.3, 0.4) is 0 Å². The zero-order valence-corrected chi connectivity index (χ0v) is 10.7. The van der Waals surface area contributed by atoms with Gasteiger partial charge in [0.1, 0.15) is 0 Å². The van der Waals surface area contributed by atoms with Gasteiger partial charge in [-0.3, -0.25) is 4.79 Å². The monoisotopic (exact) mass is 261 g/mol. The maximum Gasteiger partial charge on any atom is 0.251 e. The van der Waals surface area contributed by atoms with E-state index in [2.05, 4.69) is 5.32 Å². The summed E-state index contributed by atoms with van der Waals surface area (Å²) in [7, 11) is 1.48. The fraction of sp³-hybridized carbons (Fsp3) is 0.364. The molecular formula is C11H13Cl2NO2. The topological polar surface area (TPSA) is 38.3 Å². The van der Waals surface area contributed by atoms with E-state index in [0.29, 0.717) is 27.9 Å². The predicted octanol–water partition coefficient (Wildman–Crippen LogP) is 3.14. The van der Waals surface area contributed by atoms with Crippen molar-refractivity contribution in [3.05, 3.63) is 27.7 Å². The number of methoxy groups -OCH3 is 1. The van der Waals surface area contributed by atoms with Gasteiger partial charge in [-0.15, -0.1) is 0 Å². The highest BCUT2D eigenvalue weighted by Crippen LogP contribution is 2.33. The Morgan fingerprint density at radius 2 is 1.94 bits per heavy atom. The van der Waals surface area contributed by atoms with Gasteiger partial charge in [0.2, 0.25) is 0 Å². The Bertz CT molecular complexity index is 371. The minimum Gasteiger partial charge on any atom is -0.494 e. The zero-order valence-electron chi connectivity index (χ0n) is 9.14. The molecule has 1 rings (SSSR count). The van der Waals surface area contributed by atoms with Gasteiger partial charge < -0.3 is 10.1 Å². The minimum atomic E-state index is -0.187. The minimum absolute atomic E-state index is 0.187. The summed E-state index contributed by atoms with van der Waals surface area (Å²) < 4.78 is 5.00. The van der Waals surface area contributed by atoms with E-state index in [4.69, 9.17) is 27.9 Å². The van der Waals surface area contributed by atoms with Crippen molar-refractivity contribution >= 4 is 29.1 Å². The Labute approximate surface area is 105 Å². The standard InChI is InChI=1S/C11H13Cl2NO2/c1-3-4-14-11(15)7-5-8(12)10(16-2)9(13)6-7/h5-6H,3-4H2,1-2H3,(H,14,15). The molecule has 0 unspecified atom stereocenters. The summed E-state index contributed by atoms with van der Waals surface area (Å²) in [6.07, 6.45) is 0.878. The van der Waals surface area contributed by atoms with E-state index < -0.39 is 0 Å². The molecule has 0 saturated heterocycles. The molecule has 1 amide bonds. The van der Waals surface area contributed by atoms with E-state index in [1.165, 1.54) is 19.2 Å². The van der Waals surface area contributed by atoms with Crippen LogP contribution >= 0.6 is 23.2 Å². The molecule has 0 aliphatic carbocycles. The Kier molecular flexibility index (Phi) is 4.90. The van der Waals surface area contributed by atoms with Gasteiger partial charge in [-0.05, 0) is 18.6 Å². The van der Waals surface area contributed by atoms with Crippen molar-refractivity contribution in [1.29, 1.82) is 0 Å². The van der Waals surface area contributed by atoms with Crippen LogP contribution in [0.25, 0.3) is 0 Å². The molecule has 0 aromatic heterocycles. The fourth-order valence-electron chi connectivity index (χ4n) is 1.23. The number of hydrogen-bond donors (Lipinski definition) is 1. The first-order valence-electron chi connectivity index (χ1n) is 4.91. The van der Waals surface area contributed by atoms with Crippen molar-refractivity contribution in [3.63, 3.8) is 0 Å². The highest BCUT2D eigenvalue weighted by molar-refractivity contribution is 6.37. The highest BCUT2D eigenvalue weighted by atomic mass is 35.5. The lowest BCUT2D eigenvalue weighted by Gasteiger charge is -2.08. The Hall–Kier alpha value is -0.930. The van der Waals surface area contributed by atoms with Crippen molar-refractivity contribution in [1.82, 2.24) is 5.32 Å². The third-order valence-electron chi connectivity index (χ3n) is 2.00. The van der Waals surface area contributed by atoms with Crippen LogP contribution in [0.4, 0.5) is 0 Å². The number of hydrogen-bond acceptors (Lipinski definition) is 2. The number of nitrogens with one attached hydrogen (secondary N) is 1. The average molecular weight is 262 g/mol. The second-order valence-electron chi connectivity index (χ2n) is 3.23. The molecule has 16 heavy (non-hydrogen) atoms. The number of rotatable bonds is 4. The molecule has 5 heteroatoms. The lowest BCUT2D eigenvalue weighted by Crippen LogP contribution is -2.23. The molecule has 3 nitrogen and oxygen atoms in total. The summed E-state index contributed by atoms with van der Waals surface area (Å²) in [6.45, 7) is 2.61. The Morgan fingerprint density at radius 3 is 2.38 bits per heavy atom. The molecule has 0 aliphatic heterocycles. The first-order valence-corrected chi connectivity index (χ1v) is 5.67. The molecule has 88 valence electrons. The molecule has 1 aromatic rings. The van der Waals surface area contributed by atoms with Crippen LogP contribution in [0.5, 0.6) is 5.75 Å². The SMILES string of the molecule is CCCNC(=O)c1cc(Cl)c(OC)c(Cl)c1. The summed E-state index contributed by atoms with van der Waals surface area (Å²) in [5.74, 6) is 0.198. The van der Waals surface area contributed by atoms with E-state index in [1.807, 2.05) is 6.92 Å². The zero-order chi connectivity index (χ0) is 12.1. The fourth-order valence-corrected chi connectivity index (χ4v) is 1.87. The van der Waals surface area contributed by atoms with Crippen LogP contribution in [-0.2, 0) is 0 Å². The smallest absolute Gasteiger partial charge is 0.251 e. The largest absolute Gasteiger partial charge is 0.494 e. The molecule has 0 fully saturated rings. The second-order valence-corrected chi connectivity index (χ2v) is 4.04. The van der Waals surface area contributed by atoms with Gasteiger partial charge in [0.15, 0.2) is 5.75 Å². The maximum atomic E-state index is 11.6. The molecule has 0 radical (unpaired) electrons. The van der Waals surface area contributed by atoms with Crippen LogP contribution in [0, 0.1) is 0 Å². The van der Waals surface area contributed by atoms with Crippen molar-refractivity contribution in [2.45, 2.75) is 13.3 Å². The number of ether oxygens (including phenoxy) is 1.